The first kappa shape index (κ1) is 38.0. The number of nitrogens with one attached hydrogen (secondary N) is 3. The third kappa shape index (κ3) is 9.65. The number of nitrogens with zero attached hydrogens (tertiary/aromatic N) is 5. The Labute approximate surface area is 282 Å². The van der Waals surface area contributed by atoms with Gasteiger partial charge in [0, 0.05) is 30.0 Å². The van der Waals surface area contributed by atoms with Gasteiger partial charge in [0.2, 0.25) is 0 Å². The molecule has 6 atom stereocenters. The van der Waals surface area contributed by atoms with Crippen molar-refractivity contribution in [1.82, 2.24) is 20.3 Å². The molecule has 1 aliphatic heterocycles. The predicted octanol–water partition coefficient (Wildman–Crippen LogP) is 3.60. The molecule has 3 fully saturated rings. The van der Waals surface area contributed by atoms with Gasteiger partial charge in [-0.1, -0.05) is 18.9 Å². The highest BCUT2D eigenvalue weighted by molar-refractivity contribution is 7.94. The van der Waals surface area contributed by atoms with Gasteiger partial charge in [0.05, 0.1) is 45.8 Å². The summed E-state index contributed by atoms with van der Waals surface area (Å²) in [6.07, 6.45) is 2.54. The fourth-order valence-corrected chi connectivity index (χ4v) is 9.68. The van der Waals surface area contributed by atoms with Crippen molar-refractivity contribution in [1.29, 1.82) is 10.5 Å². The van der Waals surface area contributed by atoms with Gasteiger partial charge in [-0.2, -0.15) is 36.8 Å². The van der Waals surface area contributed by atoms with Crippen molar-refractivity contribution in [2.45, 2.75) is 118 Å². The Morgan fingerprint density at radius 2 is 1.57 bits per heavy atom. The highest BCUT2D eigenvalue weighted by Crippen LogP contribution is 2.40. The average Bonchev–Trinajstić information content (AvgIpc) is 3.43. The van der Waals surface area contributed by atoms with Crippen LogP contribution in [0.1, 0.15) is 88.1 Å². The van der Waals surface area contributed by atoms with Crippen LogP contribution in [0.15, 0.2) is 10.2 Å². The summed E-state index contributed by atoms with van der Waals surface area (Å²) >= 11 is 1.77. The smallest absolute Gasteiger partial charge is 0.267 e. The van der Waals surface area contributed by atoms with Crippen LogP contribution in [-0.4, -0.2) is 76.5 Å². The lowest BCUT2D eigenvalue weighted by Gasteiger charge is -2.46. The molecule has 17 nitrogen and oxygen atoms in total. The molecule has 0 bridgehead atoms. The Hall–Kier alpha value is -1.86. The Morgan fingerprint density at radius 1 is 1.02 bits per heavy atom. The molecule has 0 amide bonds. The summed E-state index contributed by atoms with van der Waals surface area (Å²) in [6.45, 7) is 3.73. The van der Waals surface area contributed by atoms with E-state index in [1.807, 2.05) is 13.8 Å². The molecule has 0 aromatic carbocycles. The standard InChI is InChI=1S/C26H40N8O9S4/c1-3-21(45-43-42-35)23-20(13-28)26(44-34-23)33-32-22-14(2)19(12-27)24(29-15-4-8-17(9-5-15)46(36,37)38)31-25(22)30-16-6-10-18(11-7-16)47(39,40)41/h14-19,21-22,24-25,29-31,35H,3-11H2,1-2H3,(H,36,37,38)(H,39,40,41). The molecule has 4 rings (SSSR count). The van der Waals surface area contributed by atoms with Crippen molar-refractivity contribution in [2.24, 2.45) is 22.1 Å². The summed E-state index contributed by atoms with van der Waals surface area (Å²) in [6, 6.07) is 3.66. The van der Waals surface area contributed by atoms with Crippen LogP contribution in [0.3, 0.4) is 0 Å². The van der Waals surface area contributed by atoms with Crippen molar-refractivity contribution in [3.05, 3.63) is 11.3 Å². The summed E-state index contributed by atoms with van der Waals surface area (Å²) in [5, 5.41) is 50.2. The fourth-order valence-electron chi connectivity index (χ4n) is 6.62. The van der Waals surface area contributed by atoms with E-state index >= 15 is 0 Å². The van der Waals surface area contributed by atoms with Gasteiger partial charge in [-0.05, 0) is 69.3 Å². The summed E-state index contributed by atoms with van der Waals surface area (Å²) in [7, 11) is -8.27. The van der Waals surface area contributed by atoms with Crippen LogP contribution in [0.4, 0.5) is 5.00 Å². The number of azo groups is 1. The zero-order chi connectivity index (χ0) is 34.4. The molecule has 2 aliphatic carbocycles. The van der Waals surface area contributed by atoms with Crippen LogP contribution in [0.25, 0.3) is 0 Å². The minimum atomic E-state index is -4.14. The van der Waals surface area contributed by atoms with E-state index in [9.17, 15) is 36.5 Å². The molecule has 3 aliphatic rings. The van der Waals surface area contributed by atoms with E-state index in [2.05, 4.69) is 52.1 Å². The van der Waals surface area contributed by atoms with E-state index in [1.54, 1.807) is 0 Å². The van der Waals surface area contributed by atoms with Crippen LogP contribution in [0, 0.1) is 34.5 Å². The topological polar surface area (TPSA) is 269 Å². The fraction of sp³-hybridized carbons (Fsp3) is 0.808. The van der Waals surface area contributed by atoms with E-state index in [4.69, 9.17) is 5.26 Å². The van der Waals surface area contributed by atoms with Crippen LogP contribution in [0.5, 0.6) is 0 Å². The van der Waals surface area contributed by atoms with Gasteiger partial charge in [0.15, 0.2) is 5.00 Å². The lowest BCUT2D eigenvalue weighted by atomic mass is 9.80. The van der Waals surface area contributed by atoms with Crippen molar-refractivity contribution < 1.29 is 40.6 Å². The average molecular weight is 737 g/mol. The molecule has 6 N–H and O–H groups in total. The highest BCUT2D eigenvalue weighted by Gasteiger charge is 2.45. The van der Waals surface area contributed by atoms with Gasteiger partial charge in [-0.15, -0.1) is 9.45 Å². The Morgan fingerprint density at radius 3 is 2.04 bits per heavy atom. The van der Waals surface area contributed by atoms with Gasteiger partial charge >= 0.3 is 0 Å². The van der Waals surface area contributed by atoms with Gasteiger partial charge in [0.1, 0.15) is 17.7 Å². The van der Waals surface area contributed by atoms with Crippen molar-refractivity contribution in [3.63, 3.8) is 0 Å². The molecule has 2 heterocycles. The molecule has 1 aromatic rings. The zero-order valence-corrected chi connectivity index (χ0v) is 29.1. The van der Waals surface area contributed by atoms with Crippen LogP contribution >= 0.6 is 23.6 Å². The monoisotopic (exact) mass is 736 g/mol. The third-order valence-electron chi connectivity index (χ3n) is 9.29. The Kier molecular flexibility index (Phi) is 13.5. The molecular weight excluding hydrogens is 697 g/mol. The highest BCUT2D eigenvalue weighted by atomic mass is 32.2. The summed E-state index contributed by atoms with van der Waals surface area (Å²) in [5.74, 6) is -0.953. The number of rotatable bonds is 13. The molecule has 1 saturated heterocycles. The largest absolute Gasteiger partial charge is 0.298 e. The third-order valence-corrected chi connectivity index (χ3v) is 13.6. The first-order valence-electron chi connectivity index (χ1n) is 15.3. The molecular formula is C26H40N8O9S4. The molecule has 1 aromatic heterocycles. The van der Waals surface area contributed by atoms with Crippen molar-refractivity contribution in [3.8, 4) is 12.1 Å². The number of piperidine rings is 1. The number of hydrogen-bond donors (Lipinski definition) is 6. The first-order chi connectivity index (χ1) is 22.3. The summed E-state index contributed by atoms with van der Waals surface area (Å²) in [4.78, 5) is 0. The van der Waals surface area contributed by atoms with Gasteiger partial charge in [-0.25, -0.2) is 5.26 Å². The second kappa shape index (κ2) is 16.7. The normalized spacial score (nSPS) is 32.9. The zero-order valence-electron chi connectivity index (χ0n) is 25.8. The van der Waals surface area contributed by atoms with E-state index in [0.29, 0.717) is 50.6 Å². The predicted molar refractivity (Wildman–Crippen MR) is 171 cm³/mol. The number of aromatic nitrogens is 1. The quantitative estimate of drug-likeness (QED) is 0.0555. The van der Waals surface area contributed by atoms with E-state index in [-0.39, 0.29) is 41.4 Å². The number of hydrogen-bond acceptors (Lipinski definition) is 17. The maximum absolute atomic E-state index is 11.7. The Bertz CT molecular complexity index is 1530. The molecule has 262 valence electrons. The molecule has 6 unspecified atom stereocenters. The van der Waals surface area contributed by atoms with Gasteiger partial charge in [0.25, 0.3) is 20.2 Å². The minimum Gasteiger partial charge on any atom is -0.298 e. The maximum atomic E-state index is 11.7. The summed E-state index contributed by atoms with van der Waals surface area (Å²) < 4.78 is 74.6. The minimum absolute atomic E-state index is 0.101. The van der Waals surface area contributed by atoms with E-state index in [0.717, 1.165) is 23.6 Å². The van der Waals surface area contributed by atoms with Crippen LogP contribution in [-0.2, 0) is 29.6 Å². The molecule has 2 saturated carbocycles. The molecule has 21 heteroatoms. The van der Waals surface area contributed by atoms with Crippen LogP contribution < -0.4 is 16.0 Å². The maximum Gasteiger partial charge on any atom is 0.267 e. The molecule has 47 heavy (non-hydrogen) atoms. The molecule has 0 spiro atoms. The first-order valence-corrected chi connectivity index (χ1v) is 19.9. The summed E-state index contributed by atoms with van der Waals surface area (Å²) in [5.41, 5.74) is 0.597. The van der Waals surface area contributed by atoms with Crippen molar-refractivity contribution in [2.75, 3.05) is 0 Å². The second-order valence-corrected chi connectivity index (χ2v) is 17.2. The lowest BCUT2D eigenvalue weighted by molar-refractivity contribution is -0.432. The van der Waals surface area contributed by atoms with Gasteiger partial charge < -0.3 is 0 Å². The Balaban J connectivity index is 1.56. The van der Waals surface area contributed by atoms with Gasteiger partial charge in [-0.3, -0.25) is 25.1 Å². The van der Waals surface area contributed by atoms with Crippen molar-refractivity contribution >= 4 is 48.8 Å². The SMILES string of the molecule is CCC(SOOO)c1nsc(N=NC2C(NC3CCC(S(=O)(=O)O)CC3)NC(NC3CCC(S(=O)(=O)O)CC3)C(C#N)C2C)c1C#N. The van der Waals surface area contributed by atoms with E-state index in [1.165, 1.54) is 0 Å². The lowest BCUT2D eigenvalue weighted by Crippen LogP contribution is -2.69. The number of nitriles is 2. The van der Waals surface area contributed by atoms with Crippen LogP contribution in [0.2, 0.25) is 0 Å². The molecule has 0 radical (unpaired) electrons. The van der Waals surface area contributed by atoms with E-state index < -0.39 is 60.3 Å². The second-order valence-electron chi connectivity index (χ2n) is 12.1.